The number of anilines is 1. The van der Waals surface area contributed by atoms with Gasteiger partial charge in [0.2, 0.25) is 0 Å². The lowest BCUT2D eigenvalue weighted by Crippen LogP contribution is -2.14. The number of aromatic nitrogens is 4. The van der Waals surface area contributed by atoms with Gasteiger partial charge in [-0.2, -0.15) is 0 Å². The minimum Gasteiger partial charge on any atom is -0.306 e. The van der Waals surface area contributed by atoms with Gasteiger partial charge in [-0.05, 0) is 17.5 Å². The average Bonchev–Trinajstić information content (AvgIpc) is 2.77. The molecule has 2 aromatic rings. The van der Waals surface area contributed by atoms with E-state index in [-0.39, 0.29) is 17.0 Å². The Labute approximate surface area is 113 Å². The fraction of sp³-hybridized carbons (Fsp3) is 0.300. The lowest BCUT2D eigenvalue weighted by Gasteiger charge is -2.05. The standard InChI is InChI=1S/C10H10ClN5OS/c1-5(2)8-9(18-16-15-8)10(17)14-7-3-6(11)12-4-13-7/h3-5H,1-2H3,(H,12,13,14,17). The summed E-state index contributed by atoms with van der Waals surface area (Å²) in [4.78, 5) is 20.2. The Morgan fingerprint density at radius 2 is 2.22 bits per heavy atom. The molecule has 0 saturated heterocycles. The van der Waals surface area contributed by atoms with E-state index in [0.717, 1.165) is 11.5 Å². The van der Waals surface area contributed by atoms with Crippen LogP contribution in [-0.2, 0) is 0 Å². The Balaban J connectivity index is 2.20. The van der Waals surface area contributed by atoms with Crippen molar-refractivity contribution in [2.75, 3.05) is 5.32 Å². The molecule has 0 spiro atoms. The van der Waals surface area contributed by atoms with E-state index in [1.807, 2.05) is 13.8 Å². The molecule has 2 rings (SSSR count). The van der Waals surface area contributed by atoms with Crippen molar-refractivity contribution in [3.05, 3.63) is 28.1 Å². The second kappa shape index (κ2) is 5.36. The van der Waals surface area contributed by atoms with Crippen molar-refractivity contribution in [3.8, 4) is 0 Å². The summed E-state index contributed by atoms with van der Waals surface area (Å²) in [5, 5.41) is 6.85. The van der Waals surface area contributed by atoms with E-state index in [1.54, 1.807) is 0 Å². The summed E-state index contributed by atoms with van der Waals surface area (Å²) in [5.74, 6) is 0.199. The maximum Gasteiger partial charge on any atom is 0.270 e. The molecule has 6 nitrogen and oxygen atoms in total. The Morgan fingerprint density at radius 3 is 2.89 bits per heavy atom. The highest BCUT2D eigenvalue weighted by atomic mass is 35.5. The zero-order valence-electron chi connectivity index (χ0n) is 9.72. The molecule has 0 aliphatic rings. The third-order valence-electron chi connectivity index (χ3n) is 2.14. The van der Waals surface area contributed by atoms with Crippen molar-refractivity contribution < 1.29 is 4.79 Å². The largest absolute Gasteiger partial charge is 0.306 e. The fourth-order valence-electron chi connectivity index (χ4n) is 1.31. The van der Waals surface area contributed by atoms with Crippen LogP contribution in [0.1, 0.15) is 35.1 Å². The Bertz CT molecular complexity index is 571. The van der Waals surface area contributed by atoms with E-state index < -0.39 is 0 Å². The number of hydrogen-bond donors (Lipinski definition) is 1. The molecule has 18 heavy (non-hydrogen) atoms. The molecule has 0 aromatic carbocycles. The zero-order valence-corrected chi connectivity index (χ0v) is 11.3. The van der Waals surface area contributed by atoms with Crippen molar-refractivity contribution >= 4 is 34.9 Å². The summed E-state index contributed by atoms with van der Waals surface area (Å²) in [5.41, 5.74) is 0.678. The number of amides is 1. The summed E-state index contributed by atoms with van der Waals surface area (Å²) in [6.07, 6.45) is 1.28. The lowest BCUT2D eigenvalue weighted by molar-refractivity contribution is 0.102. The van der Waals surface area contributed by atoms with Gasteiger partial charge < -0.3 is 5.32 Å². The van der Waals surface area contributed by atoms with Crippen LogP contribution in [0.3, 0.4) is 0 Å². The van der Waals surface area contributed by atoms with Gasteiger partial charge in [0.1, 0.15) is 22.2 Å². The first-order valence-electron chi connectivity index (χ1n) is 5.19. The molecule has 0 saturated carbocycles. The molecule has 0 aliphatic heterocycles. The summed E-state index contributed by atoms with van der Waals surface area (Å²) < 4.78 is 3.80. The second-order valence-electron chi connectivity index (χ2n) is 3.82. The normalized spacial score (nSPS) is 10.7. The van der Waals surface area contributed by atoms with Crippen molar-refractivity contribution in [1.82, 2.24) is 19.6 Å². The smallest absolute Gasteiger partial charge is 0.270 e. The topological polar surface area (TPSA) is 80.7 Å². The van der Waals surface area contributed by atoms with Gasteiger partial charge >= 0.3 is 0 Å². The summed E-state index contributed by atoms with van der Waals surface area (Å²) in [6, 6.07) is 1.48. The van der Waals surface area contributed by atoms with Gasteiger partial charge in [0.25, 0.3) is 5.91 Å². The van der Waals surface area contributed by atoms with Crippen LogP contribution >= 0.6 is 23.1 Å². The summed E-state index contributed by atoms with van der Waals surface area (Å²) in [6.45, 7) is 3.91. The first kappa shape index (κ1) is 12.8. The van der Waals surface area contributed by atoms with Crippen LogP contribution in [-0.4, -0.2) is 25.5 Å². The molecule has 2 heterocycles. The SMILES string of the molecule is CC(C)c1nnsc1C(=O)Nc1cc(Cl)ncn1. The Morgan fingerprint density at radius 1 is 1.44 bits per heavy atom. The molecule has 0 atom stereocenters. The van der Waals surface area contributed by atoms with E-state index in [2.05, 4.69) is 24.9 Å². The molecular weight excluding hydrogens is 274 g/mol. The number of carbonyl (C=O) groups excluding carboxylic acids is 1. The van der Waals surface area contributed by atoms with Crippen LogP contribution in [0.2, 0.25) is 5.15 Å². The highest BCUT2D eigenvalue weighted by Gasteiger charge is 2.19. The number of carbonyl (C=O) groups is 1. The van der Waals surface area contributed by atoms with E-state index in [1.165, 1.54) is 12.4 Å². The van der Waals surface area contributed by atoms with Gasteiger partial charge in [-0.25, -0.2) is 9.97 Å². The number of halogens is 1. The maximum absolute atomic E-state index is 12.0. The third kappa shape index (κ3) is 2.80. The number of rotatable bonds is 3. The van der Waals surface area contributed by atoms with E-state index in [0.29, 0.717) is 16.4 Å². The minimum absolute atomic E-state index is 0.137. The van der Waals surface area contributed by atoms with Crippen molar-refractivity contribution in [2.45, 2.75) is 19.8 Å². The molecule has 8 heteroatoms. The Hall–Kier alpha value is -1.60. The molecule has 0 radical (unpaired) electrons. The van der Waals surface area contributed by atoms with Crippen molar-refractivity contribution in [3.63, 3.8) is 0 Å². The fourth-order valence-corrected chi connectivity index (χ4v) is 2.17. The lowest BCUT2D eigenvalue weighted by atomic mass is 10.1. The number of nitrogens with zero attached hydrogens (tertiary/aromatic N) is 4. The molecule has 0 fully saturated rings. The van der Waals surface area contributed by atoms with Gasteiger partial charge in [0.15, 0.2) is 0 Å². The highest BCUT2D eigenvalue weighted by Crippen LogP contribution is 2.20. The van der Waals surface area contributed by atoms with Crippen LogP contribution in [0.25, 0.3) is 0 Å². The highest BCUT2D eigenvalue weighted by molar-refractivity contribution is 7.08. The van der Waals surface area contributed by atoms with Gasteiger partial charge in [-0.15, -0.1) is 5.10 Å². The molecular formula is C10H10ClN5OS. The molecule has 0 aliphatic carbocycles. The third-order valence-corrected chi connectivity index (χ3v) is 3.09. The number of nitrogens with one attached hydrogen (secondary N) is 1. The molecule has 2 aromatic heterocycles. The Kier molecular flexibility index (Phi) is 3.83. The molecule has 1 N–H and O–H groups in total. The van der Waals surface area contributed by atoms with Gasteiger partial charge in [0, 0.05) is 6.07 Å². The number of hydrogen-bond acceptors (Lipinski definition) is 6. The summed E-state index contributed by atoms with van der Waals surface area (Å²) in [7, 11) is 0. The van der Waals surface area contributed by atoms with Crippen LogP contribution in [0.15, 0.2) is 12.4 Å². The van der Waals surface area contributed by atoms with Gasteiger partial charge in [-0.1, -0.05) is 29.9 Å². The zero-order chi connectivity index (χ0) is 13.1. The van der Waals surface area contributed by atoms with Crippen LogP contribution in [0, 0.1) is 0 Å². The summed E-state index contributed by atoms with van der Waals surface area (Å²) >= 11 is 6.77. The van der Waals surface area contributed by atoms with Crippen LogP contribution in [0.4, 0.5) is 5.82 Å². The molecule has 0 unspecified atom stereocenters. The van der Waals surface area contributed by atoms with Crippen LogP contribution < -0.4 is 5.32 Å². The second-order valence-corrected chi connectivity index (χ2v) is 4.96. The first-order valence-corrected chi connectivity index (χ1v) is 6.34. The molecule has 1 amide bonds. The van der Waals surface area contributed by atoms with Crippen molar-refractivity contribution in [1.29, 1.82) is 0 Å². The predicted octanol–water partition coefficient (Wildman–Crippen LogP) is 2.36. The molecule has 0 bridgehead atoms. The first-order chi connectivity index (χ1) is 8.58. The minimum atomic E-state index is -0.288. The van der Waals surface area contributed by atoms with Gasteiger partial charge in [0.05, 0.1) is 5.69 Å². The van der Waals surface area contributed by atoms with E-state index in [4.69, 9.17) is 11.6 Å². The average molecular weight is 284 g/mol. The quantitative estimate of drug-likeness (QED) is 0.875. The predicted molar refractivity (Wildman–Crippen MR) is 69.0 cm³/mol. The van der Waals surface area contributed by atoms with Crippen molar-refractivity contribution in [2.24, 2.45) is 0 Å². The molecule has 94 valence electrons. The van der Waals surface area contributed by atoms with Crippen LogP contribution in [0.5, 0.6) is 0 Å². The maximum atomic E-state index is 12.0. The monoisotopic (exact) mass is 283 g/mol. The van der Waals surface area contributed by atoms with Gasteiger partial charge in [-0.3, -0.25) is 4.79 Å². The van der Waals surface area contributed by atoms with E-state index >= 15 is 0 Å². The van der Waals surface area contributed by atoms with E-state index in [9.17, 15) is 4.79 Å².